The van der Waals surface area contributed by atoms with E-state index in [0.29, 0.717) is 11.5 Å². The van der Waals surface area contributed by atoms with Crippen LogP contribution < -0.4 is 0 Å². The van der Waals surface area contributed by atoms with Gasteiger partial charge in [0.25, 0.3) is 5.89 Å². The highest BCUT2D eigenvalue weighted by Crippen LogP contribution is 2.38. The van der Waals surface area contributed by atoms with Crippen LogP contribution in [0, 0.1) is 0 Å². The zero-order chi connectivity index (χ0) is 15.0. The van der Waals surface area contributed by atoms with Crippen LogP contribution in [0.25, 0.3) is 22.2 Å². The minimum atomic E-state index is -0.997. The summed E-state index contributed by atoms with van der Waals surface area (Å²) in [5, 5.41) is 17.0. The lowest BCUT2D eigenvalue weighted by atomic mass is 10.1. The maximum Gasteiger partial charge on any atom is 0.335 e. The van der Waals surface area contributed by atoms with E-state index in [2.05, 4.69) is 42.1 Å². The van der Waals surface area contributed by atoms with E-state index in [1.54, 1.807) is 12.1 Å². The molecule has 2 heterocycles. The number of carboxylic acids is 1. The molecule has 5 nitrogen and oxygen atoms in total. The van der Waals surface area contributed by atoms with Crippen molar-refractivity contribution in [2.75, 3.05) is 0 Å². The SMILES string of the molecule is O=C(O)c1cccc(-c2nnc(-c3cc(Br)c(Br)s3)o2)c1. The summed E-state index contributed by atoms with van der Waals surface area (Å²) in [6, 6.07) is 8.25. The van der Waals surface area contributed by atoms with Gasteiger partial charge in [-0.3, -0.25) is 0 Å². The van der Waals surface area contributed by atoms with Crippen LogP contribution >= 0.6 is 43.2 Å². The van der Waals surface area contributed by atoms with E-state index in [4.69, 9.17) is 9.52 Å². The zero-order valence-electron chi connectivity index (χ0n) is 10.2. The number of aromatic nitrogens is 2. The average molecular weight is 430 g/mol. The van der Waals surface area contributed by atoms with Gasteiger partial charge >= 0.3 is 5.97 Å². The monoisotopic (exact) mass is 428 g/mol. The molecule has 106 valence electrons. The number of nitrogens with zero attached hydrogens (tertiary/aromatic N) is 2. The van der Waals surface area contributed by atoms with Gasteiger partial charge in [-0.15, -0.1) is 21.5 Å². The van der Waals surface area contributed by atoms with Crippen LogP contribution in [0.2, 0.25) is 0 Å². The lowest BCUT2D eigenvalue weighted by molar-refractivity contribution is 0.0697. The van der Waals surface area contributed by atoms with Gasteiger partial charge in [0.1, 0.15) is 0 Å². The van der Waals surface area contributed by atoms with Crippen LogP contribution in [-0.4, -0.2) is 21.3 Å². The molecule has 2 aromatic heterocycles. The van der Waals surface area contributed by atoms with Crippen molar-refractivity contribution in [3.05, 3.63) is 44.2 Å². The van der Waals surface area contributed by atoms with Crippen molar-refractivity contribution in [3.63, 3.8) is 0 Å². The molecule has 0 unspecified atom stereocenters. The lowest BCUT2D eigenvalue weighted by Crippen LogP contribution is -1.95. The molecule has 0 amide bonds. The van der Waals surface area contributed by atoms with Crippen molar-refractivity contribution in [3.8, 4) is 22.2 Å². The standard InChI is InChI=1S/C13H6Br2N2O3S/c14-8-5-9(21-10(8)15)12-17-16-11(20-12)6-2-1-3-7(4-6)13(18)19/h1-5H,(H,18,19). The Morgan fingerprint density at radius 1 is 1.19 bits per heavy atom. The van der Waals surface area contributed by atoms with Crippen molar-refractivity contribution in [2.24, 2.45) is 0 Å². The van der Waals surface area contributed by atoms with Crippen molar-refractivity contribution < 1.29 is 14.3 Å². The molecule has 0 radical (unpaired) electrons. The van der Waals surface area contributed by atoms with Crippen LogP contribution in [0.5, 0.6) is 0 Å². The van der Waals surface area contributed by atoms with Crippen molar-refractivity contribution in [1.29, 1.82) is 0 Å². The van der Waals surface area contributed by atoms with E-state index in [1.807, 2.05) is 6.07 Å². The van der Waals surface area contributed by atoms with Crippen LogP contribution in [0.15, 0.2) is 43.0 Å². The van der Waals surface area contributed by atoms with E-state index in [9.17, 15) is 4.79 Å². The van der Waals surface area contributed by atoms with Gasteiger partial charge in [-0.05, 0) is 56.1 Å². The van der Waals surface area contributed by atoms with Gasteiger partial charge in [-0.25, -0.2) is 4.79 Å². The Hall–Kier alpha value is -1.51. The lowest BCUT2D eigenvalue weighted by Gasteiger charge is -1.97. The van der Waals surface area contributed by atoms with Crippen LogP contribution in [0.1, 0.15) is 10.4 Å². The Kier molecular flexibility index (Phi) is 3.92. The molecule has 1 N–H and O–H groups in total. The van der Waals surface area contributed by atoms with Gasteiger partial charge < -0.3 is 9.52 Å². The maximum atomic E-state index is 11.0. The molecule has 0 aliphatic rings. The smallest absolute Gasteiger partial charge is 0.335 e. The minimum absolute atomic E-state index is 0.175. The van der Waals surface area contributed by atoms with Crippen molar-refractivity contribution in [2.45, 2.75) is 0 Å². The molecule has 0 saturated heterocycles. The predicted molar refractivity (Wildman–Crippen MR) is 85.4 cm³/mol. The molecule has 0 aliphatic carbocycles. The van der Waals surface area contributed by atoms with E-state index >= 15 is 0 Å². The first-order chi connectivity index (χ1) is 10.0. The molecule has 0 atom stereocenters. The summed E-state index contributed by atoms with van der Waals surface area (Å²) in [5.41, 5.74) is 0.747. The van der Waals surface area contributed by atoms with E-state index in [-0.39, 0.29) is 11.5 Å². The van der Waals surface area contributed by atoms with Gasteiger partial charge in [-0.1, -0.05) is 6.07 Å². The molecule has 0 spiro atoms. The Bertz CT molecular complexity index is 809. The van der Waals surface area contributed by atoms with Gasteiger partial charge in [0.2, 0.25) is 5.89 Å². The fraction of sp³-hybridized carbons (Fsp3) is 0. The van der Waals surface area contributed by atoms with E-state index in [0.717, 1.165) is 13.1 Å². The summed E-state index contributed by atoms with van der Waals surface area (Å²) in [7, 11) is 0. The first kappa shape index (κ1) is 14.4. The second kappa shape index (κ2) is 5.70. The molecule has 3 aromatic rings. The van der Waals surface area contributed by atoms with Gasteiger partial charge in [-0.2, -0.15) is 0 Å². The molecule has 21 heavy (non-hydrogen) atoms. The van der Waals surface area contributed by atoms with Gasteiger partial charge in [0.15, 0.2) is 0 Å². The number of benzene rings is 1. The molecular formula is C13H6Br2N2O3S. The van der Waals surface area contributed by atoms with Gasteiger partial charge in [0.05, 0.1) is 14.2 Å². The third kappa shape index (κ3) is 2.92. The highest BCUT2D eigenvalue weighted by Gasteiger charge is 2.15. The Morgan fingerprint density at radius 2 is 1.95 bits per heavy atom. The Labute approximate surface area is 139 Å². The number of carbonyl (C=O) groups is 1. The number of carboxylic acid groups (broad SMARTS) is 1. The van der Waals surface area contributed by atoms with Gasteiger partial charge in [0, 0.05) is 10.0 Å². The number of thiophene rings is 1. The fourth-order valence-electron chi connectivity index (χ4n) is 1.68. The highest BCUT2D eigenvalue weighted by molar-refractivity contribution is 9.13. The Morgan fingerprint density at radius 3 is 2.62 bits per heavy atom. The number of halogens is 2. The molecule has 1 aromatic carbocycles. The molecule has 0 aliphatic heterocycles. The number of aromatic carboxylic acids is 1. The highest BCUT2D eigenvalue weighted by atomic mass is 79.9. The maximum absolute atomic E-state index is 11.0. The summed E-state index contributed by atoms with van der Waals surface area (Å²) >= 11 is 8.27. The third-order valence-electron chi connectivity index (χ3n) is 2.64. The summed E-state index contributed by atoms with van der Waals surface area (Å²) in [6.07, 6.45) is 0. The molecule has 0 saturated carbocycles. The predicted octanol–water partition coefficient (Wildman–Crippen LogP) is 4.69. The summed E-state index contributed by atoms with van der Waals surface area (Å²) in [6.45, 7) is 0. The summed E-state index contributed by atoms with van der Waals surface area (Å²) < 4.78 is 7.46. The molecular weight excluding hydrogens is 424 g/mol. The summed E-state index contributed by atoms with van der Waals surface area (Å²) in [5.74, 6) is -0.321. The fourth-order valence-corrected chi connectivity index (χ4v) is 3.63. The second-order valence-electron chi connectivity index (χ2n) is 4.03. The van der Waals surface area contributed by atoms with E-state index < -0.39 is 5.97 Å². The van der Waals surface area contributed by atoms with Crippen molar-refractivity contribution in [1.82, 2.24) is 10.2 Å². The minimum Gasteiger partial charge on any atom is -0.478 e. The zero-order valence-corrected chi connectivity index (χ0v) is 14.2. The molecule has 0 bridgehead atoms. The van der Waals surface area contributed by atoms with Crippen molar-refractivity contribution >= 4 is 49.2 Å². The number of rotatable bonds is 3. The topological polar surface area (TPSA) is 76.2 Å². The first-order valence-corrected chi connectivity index (χ1v) is 8.07. The average Bonchev–Trinajstić information content (AvgIpc) is 3.07. The third-order valence-corrected chi connectivity index (χ3v) is 5.88. The largest absolute Gasteiger partial charge is 0.478 e. The quantitative estimate of drug-likeness (QED) is 0.653. The second-order valence-corrected chi connectivity index (χ2v) is 7.26. The van der Waals surface area contributed by atoms with Crippen LogP contribution in [0.3, 0.4) is 0 Å². The molecule has 3 rings (SSSR count). The normalized spacial score (nSPS) is 10.8. The first-order valence-electron chi connectivity index (χ1n) is 5.67. The van der Waals surface area contributed by atoms with E-state index in [1.165, 1.54) is 23.5 Å². The molecule has 0 fully saturated rings. The Balaban J connectivity index is 1.98. The molecule has 8 heteroatoms. The van der Waals surface area contributed by atoms with Crippen LogP contribution in [0.4, 0.5) is 0 Å². The number of hydrogen-bond acceptors (Lipinski definition) is 5. The summed E-state index contributed by atoms with van der Waals surface area (Å²) in [4.78, 5) is 11.8. The number of hydrogen-bond donors (Lipinski definition) is 1. The van der Waals surface area contributed by atoms with Crippen LogP contribution in [-0.2, 0) is 0 Å².